The van der Waals surface area contributed by atoms with Gasteiger partial charge in [-0.1, -0.05) is 109 Å². The summed E-state index contributed by atoms with van der Waals surface area (Å²) in [5, 5.41) is 1.28. The SMILES string of the molecule is CN(C)c1ccc(/C=C/C=C2\C=[NH+]c3ccccc32)cc1.CN(C)c1ccc(/C=C/C=O)cc1.CN(C)c1ccc(C=CC=C2C=[NH+]c3ccccc32)cc1.[Cl-].[Cl-].c1ccc2[nH]ccc2c1. The molecule has 0 saturated heterocycles. The second-order valence-electron chi connectivity index (χ2n) is 15.6. The average Bonchev–Trinajstić information content (AvgIpc) is 4.09. The van der Waals surface area contributed by atoms with Crippen LogP contribution >= 0.6 is 0 Å². The van der Waals surface area contributed by atoms with Crippen LogP contribution in [0.15, 0.2) is 188 Å². The lowest BCUT2D eigenvalue weighted by molar-refractivity contribution is -0.343. The van der Waals surface area contributed by atoms with E-state index in [-0.39, 0.29) is 24.8 Å². The highest BCUT2D eigenvalue weighted by Crippen LogP contribution is 2.23. The predicted octanol–water partition coefficient (Wildman–Crippen LogP) is 3.43. The van der Waals surface area contributed by atoms with Crippen LogP contribution in [0.5, 0.6) is 0 Å². The van der Waals surface area contributed by atoms with E-state index in [1.807, 2.05) is 86.2 Å². The van der Waals surface area contributed by atoms with Crippen molar-refractivity contribution in [1.29, 1.82) is 0 Å². The van der Waals surface area contributed by atoms with Crippen molar-refractivity contribution >= 4 is 87.4 Å². The number of rotatable bonds is 9. The average molecular weight is 914 g/mol. The molecular weight excluding hydrogens is 856 g/mol. The van der Waals surface area contributed by atoms with Gasteiger partial charge in [0.1, 0.15) is 6.29 Å². The van der Waals surface area contributed by atoms with E-state index in [1.54, 1.807) is 6.08 Å². The van der Waals surface area contributed by atoms with Gasteiger partial charge in [0.25, 0.3) is 0 Å². The topological polar surface area (TPSA) is 70.5 Å². The second kappa shape index (κ2) is 26.4. The number of nitrogens with zero attached hydrogens (tertiary/aromatic N) is 3. The normalized spacial score (nSPS) is 12.9. The molecule has 7 nitrogen and oxygen atoms in total. The Kier molecular flexibility index (Phi) is 20.4. The first-order valence-electron chi connectivity index (χ1n) is 21.3. The van der Waals surface area contributed by atoms with Gasteiger partial charge in [-0.05, 0) is 101 Å². The van der Waals surface area contributed by atoms with Gasteiger partial charge in [0, 0.05) is 83.2 Å². The third-order valence-corrected chi connectivity index (χ3v) is 10.4. The third kappa shape index (κ3) is 15.1. The molecule has 3 N–H and O–H groups in total. The molecule has 0 aliphatic carbocycles. The first-order valence-corrected chi connectivity index (χ1v) is 21.3. The summed E-state index contributed by atoms with van der Waals surface area (Å²) in [6, 6.07) is 52.0. The summed E-state index contributed by atoms with van der Waals surface area (Å²) in [5.41, 5.74) is 15.5. The molecule has 1 aromatic heterocycles. The molecule has 2 aliphatic rings. The fourth-order valence-corrected chi connectivity index (χ4v) is 6.79. The Bertz CT molecular complexity index is 2650. The van der Waals surface area contributed by atoms with Gasteiger partial charge in [0.2, 0.25) is 11.4 Å². The van der Waals surface area contributed by atoms with Crippen molar-refractivity contribution in [3.63, 3.8) is 0 Å². The van der Waals surface area contributed by atoms with Crippen molar-refractivity contribution in [2.24, 2.45) is 0 Å². The quantitative estimate of drug-likeness (QED) is 0.154. The minimum Gasteiger partial charge on any atom is -1.00 e. The molecule has 9 rings (SSSR count). The zero-order chi connectivity index (χ0) is 45.1. The number of fused-ring (bicyclic) bond motifs is 3. The lowest BCUT2D eigenvalue weighted by Crippen LogP contribution is -3.00. The van der Waals surface area contributed by atoms with Gasteiger partial charge in [0.05, 0.1) is 22.3 Å². The number of aromatic amines is 1. The monoisotopic (exact) mass is 912 g/mol. The standard InChI is InChI=1S/2C19H18N2.C11H13NO.C8H7N.2ClH/c2*1-21(2)17-12-10-15(11-13-17)6-5-7-16-14-20-19-9-4-3-8-18(16)19;1-12(2)11-7-5-10(6-8-11)4-3-9-13;1-2-4-8-7(3-1)5-6-9-8;;/h2*3-14H,1-2H3;3-9H,1-2H3;1-6,9H;2*1H/b6-5+,16-7+;;4-3+;;;. The van der Waals surface area contributed by atoms with Gasteiger partial charge in [-0.2, -0.15) is 0 Å². The van der Waals surface area contributed by atoms with Crippen LogP contribution in [-0.2, 0) is 4.79 Å². The predicted molar refractivity (Wildman–Crippen MR) is 276 cm³/mol. The number of allylic oxidation sites excluding steroid dienone is 7. The summed E-state index contributed by atoms with van der Waals surface area (Å²) in [5.74, 6) is 0. The lowest BCUT2D eigenvalue weighted by atomic mass is 10.1. The van der Waals surface area contributed by atoms with Crippen LogP contribution in [0.1, 0.15) is 27.8 Å². The van der Waals surface area contributed by atoms with Crippen molar-refractivity contribution in [3.8, 4) is 0 Å². The molecule has 6 aromatic carbocycles. The van der Waals surface area contributed by atoms with E-state index in [2.05, 4.69) is 193 Å². The second-order valence-corrected chi connectivity index (χ2v) is 15.6. The number of hydrogen-bond acceptors (Lipinski definition) is 4. The molecule has 0 spiro atoms. The Hall–Kier alpha value is -7.45. The fourth-order valence-electron chi connectivity index (χ4n) is 6.79. The Labute approximate surface area is 403 Å². The van der Waals surface area contributed by atoms with Gasteiger partial charge in [-0.3, -0.25) is 4.79 Å². The molecule has 3 heterocycles. The van der Waals surface area contributed by atoms with E-state index in [1.165, 1.54) is 73.1 Å². The zero-order valence-corrected chi connectivity index (χ0v) is 39.9. The van der Waals surface area contributed by atoms with Crippen molar-refractivity contribution in [3.05, 3.63) is 216 Å². The minimum absolute atomic E-state index is 0. The van der Waals surface area contributed by atoms with E-state index >= 15 is 0 Å². The maximum atomic E-state index is 10.1. The van der Waals surface area contributed by atoms with E-state index in [0.29, 0.717) is 0 Å². The van der Waals surface area contributed by atoms with E-state index in [4.69, 9.17) is 0 Å². The fraction of sp³-hybridized carbons (Fsp3) is 0.105. The van der Waals surface area contributed by atoms with Crippen LogP contribution in [0.25, 0.3) is 40.3 Å². The maximum Gasteiger partial charge on any atom is 0.211 e. The number of carbonyl (C=O) groups excluding carboxylic acids is 1. The zero-order valence-electron chi connectivity index (χ0n) is 38.4. The summed E-state index contributed by atoms with van der Waals surface area (Å²) >= 11 is 0. The molecule has 336 valence electrons. The Morgan fingerprint density at radius 3 is 1.21 bits per heavy atom. The van der Waals surface area contributed by atoms with Gasteiger partial charge in [-0.15, -0.1) is 0 Å². The minimum atomic E-state index is 0. The number of aldehydes is 1. The molecular formula is C57H58Cl2N6O. The lowest BCUT2D eigenvalue weighted by Gasteiger charge is -2.11. The first-order chi connectivity index (χ1) is 31.2. The molecule has 0 bridgehead atoms. The number of H-pyrrole nitrogens is 1. The number of benzene rings is 6. The van der Waals surface area contributed by atoms with Crippen LogP contribution in [0, 0.1) is 0 Å². The van der Waals surface area contributed by atoms with Gasteiger partial charge in [0.15, 0.2) is 12.4 Å². The number of para-hydroxylation sites is 3. The molecule has 0 fully saturated rings. The van der Waals surface area contributed by atoms with Crippen LogP contribution in [-0.4, -0.2) is 66.0 Å². The smallest absolute Gasteiger partial charge is 0.211 e. The number of aromatic nitrogens is 1. The van der Waals surface area contributed by atoms with Crippen molar-refractivity contribution in [2.45, 2.75) is 0 Å². The summed E-state index contributed by atoms with van der Waals surface area (Å²) < 4.78 is 0. The van der Waals surface area contributed by atoms with Gasteiger partial charge >= 0.3 is 0 Å². The Balaban J connectivity index is 0.000000199. The number of nitrogens with one attached hydrogen (secondary N) is 3. The summed E-state index contributed by atoms with van der Waals surface area (Å²) in [4.78, 5) is 26.0. The van der Waals surface area contributed by atoms with Crippen molar-refractivity contribution in [2.75, 3.05) is 57.0 Å². The number of halogens is 2. The van der Waals surface area contributed by atoms with E-state index in [9.17, 15) is 4.79 Å². The Morgan fingerprint density at radius 1 is 0.439 bits per heavy atom. The van der Waals surface area contributed by atoms with Gasteiger partial charge in [-0.25, -0.2) is 9.98 Å². The molecule has 66 heavy (non-hydrogen) atoms. The first kappa shape index (κ1) is 51.2. The van der Waals surface area contributed by atoms with Crippen molar-refractivity contribution < 1.29 is 39.6 Å². The van der Waals surface area contributed by atoms with Crippen LogP contribution in [0.2, 0.25) is 0 Å². The number of hydrogen-bond donors (Lipinski definition) is 3. The van der Waals surface area contributed by atoms with E-state index < -0.39 is 0 Å². The molecule has 7 aromatic rings. The maximum absolute atomic E-state index is 10.1. The molecule has 0 radical (unpaired) electrons. The Morgan fingerprint density at radius 2 is 0.818 bits per heavy atom. The van der Waals surface area contributed by atoms with E-state index in [0.717, 1.165) is 17.5 Å². The molecule has 0 amide bonds. The van der Waals surface area contributed by atoms with Crippen LogP contribution in [0.4, 0.5) is 28.4 Å². The molecule has 2 aliphatic heterocycles. The van der Waals surface area contributed by atoms with Crippen LogP contribution < -0.4 is 49.5 Å². The van der Waals surface area contributed by atoms with Crippen molar-refractivity contribution in [1.82, 2.24) is 4.98 Å². The van der Waals surface area contributed by atoms with Crippen LogP contribution in [0.3, 0.4) is 0 Å². The summed E-state index contributed by atoms with van der Waals surface area (Å²) in [7, 11) is 12.2. The number of anilines is 3. The molecule has 0 unspecified atom stereocenters. The summed E-state index contributed by atoms with van der Waals surface area (Å²) in [6.07, 6.45) is 22.8. The number of carbonyl (C=O) groups is 1. The highest BCUT2D eigenvalue weighted by atomic mass is 35.5. The molecule has 0 saturated carbocycles. The molecule has 9 heteroatoms. The molecule has 0 atom stereocenters. The highest BCUT2D eigenvalue weighted by molar-refractivity contribution is 6.12. The third-order valence-electron chi connectivity index (χ3n) is 10.4. The largest absolute Gasteiger partial charge is 1.00 e. The van der Waals surface area contributed by atoms with Gasteiger partial charge < -0.3 is 44.5 Å². The highest BCUT2D eigenvalue weighted by Gasteiger charge is 2.17. The summed E-state index contributed by atoms with van der Waals surface area (Å²) in [6.45, 7) is 0.